The van der Waals surface area contributed by atoms with E-state index in [1.54, 1.807) is 12.3 Å². The van der Waals surface area contributed by atoms with Gasteiger partial charge in [-0.05, 0) is 38.5 Å². The second-order valence-corrected chi connectivity index (χ2v) is 7.63. The molecule has 0 aliphatic carbocycles. The van der Waals surface area contributed by atoms with Crippen LogP contribution >= 0.6 is 23.1 Å². The van der Waals surface area contributed by atoms with Crippen molar-refractivity contribution in [2.45, 2.75) is 32.5 Å². The van der Waals surface area contributed by atoms with Gasteiger partial charge in [-0.2, -0.15) is 5.26 Å². The van der Waals surface area contributed by atoms with Gasteiger partial charge in [-0.15, -0.1) is 21.5 Å². The monoisotopic (exact) mass is 387 g/mol. The third-order valence-electron chi connectivity index (χ3n) is 3.86. The average Bonchev–Trinajstić information content (AvgIpc) is 3.33. The number of aromatic nitrogens is 3. The van der Waals surface area contributed by atoms with Crippen LogP contribution in [0.1, 0.15) is 22.9 Å². The number of furan rings is 1. The van der Waals surface area contributed by atoms with Crippen molar-refractivity contribution in [3.63, 3.8) is 0 Å². The highest BCUT2D eigenvalue weighted by Gasteiger charge is 2.18. The maximum Gasteiger partial charge on any atom is 0.235 e. The minimum absolute atomic E-state index is 0.178. The molecule has 3 aromatic rings. The molecule has 0 saturated heterocycles. The van der Waals surface area contributed by atoms with E-state index >= 15 is 0 Å². The predicted octanol–water partition coefficient (Wildman–Crippen LogP) is 3.84. The summed E-state index contributed by atoms with van der Waals surface area (Å²) >= 11 is 2.72. The Labute approximate surface area is 159 Å². The number of rotatable bonds is 6. The molecule has 0 saturated carbocycles. The Kier molecular flexibility index (Phi) is 5.44. The number of nitriles is 1. The fraction of sp³-hybridized carbons (Fsp3) is 0.294. The number of thioether (sulfide) groups is 1. The van der Waals surface area contributed by atoms with Gasteiger partial charge in [-0.25, -0.2) is 0 Å². The Hall–Kier alpha value is -2.57. The molecule has 3 heterocycles. The lowest BCUT2D eigenvalue weighted by atomic mass is 10.2. The van der Waals surface area contributed by atoms with Gasteiger partial charge in [0.25, 0.3) is 0 Å². The molecular weight excluding hydrogens is 370 g/mol. The summed E-state index contributed by atoms with van der Waals surface area (Å²) in [6.45, 7) is 6.46. The van der Waals surface area contributed by atoms with E-state index in [1.165, 1.54) is 23.1 Å². The minimum Gasteiger partial charge on any atom is -0.461 e. The summed E-state index contributed by atoms with van der Waals surface area (Å²) in [7, 11) is 0. The maximum atomic E-state index is 12.3. The molecule has 0 aromatic carbocycles. The minimum atomic E-state index is -0.182. The first-order valence-corrected chi connectivity index (χ1v) is 9.75. The quantitative estimate of drug-likeness (QED) is 0.646. The van der Waals surface area contributed by atoms with E-state index in [4.69, 9.17) is 4.42 Å². The second kappa shape index (κ2) is 7.76. The first-order chi connectivity index (χ1) is 12.5. The fourth-order valence-corrected chi connectivity index (χ4v) is 4.24. The fourth-order valence-electron chi connectivity index (χ4n) is 2.41. The van der Waals surface area contributed by atoms with Gasteiger partial charge in [0.05, 0.1) is 17.6 Å². The number of nitrogens with one attached hydrogen (secondary N) is 1. The molecule has 1 amide bonds. The van der Waals surface area contributed by atoms with Gasteiger partial charge in [0.15, 0.2) is 16.7 Å². The Morgan fingerprint density at radius 3 is 2.92 bits per heavy atom. The van der Waals surface area contributed by atoms with Crippen LogP contribution in [0.4, 0.5) is 5.00 Å². The molecule has 7 nitrogen and oxygen atoms in total. The smallest absolute Gasteiger partial charge is 0.235 e. The summed E-state index contributed by atoms with van der Waals surface area (Å²) in [5.41, 5.74) is 1.44. The molecular formula is C17H17N5O2S2. The molecule has 0 atom stereocenters. The van der Waals surface area contributed by atoms with E-state index in [9.17, 15) is 10.1 Å². The van der Waals surface area contributed by atoms with E-state index in [0.29, 0.717) is 33.9 Å². The van der Waals surface area contributed by atoms with Crippen LogP contribution in [0.2, 0.25) is 0 Å². The average molecular weight is 387 g/mol. The molecule has 0 aliphatic heterocycles. The van der Waals surface area contributed by atoms with E-state index < -0.39 is 0 Å². The molecule has 9 heteroatoms. The Morgan fingerprint density at radius 1 is 1.46 bits per heavy atom. The molecule has 26 heavy (non-hydrogen) atoms. The Bertz CT molecular complexity index is 966. The summed E-state index contributed by atoms with van der Waals surface area (Å²) in [5.74, 6) is 1.27. The number of amides is 1. The molecule has 0 unspecified atom stereocenters. The zero-order valence-electron chi connectivity index (χ0n) is 14.6. The van der Waals surface area contributed by atoms with Crippen molar-refractivity contribution in [3.8, 4) is 17.7 Å². The van der Waals surface area contributed by atoms with Crippen LogP contribution in [0.3, 0.4) is 0 Å². The Balaban J connectivity index is 1.69. The van der Waals surface area contributed by atoms with Crippen LogP contribution in [0.5, 0.6) is 0 Å². The van der Waals surface area contributed by atoms with E-state index in [2.05, 4.69) is 21.6 Å². The molecule has 0 fully saturated rings. The topological polar surface area (TPSA) is 96.7 Å². The van der Waals surface area contributed by atoms with Crippen molar-refractivity contribution in [2.75, 3.05) is 11.1 Å². The van der Waals surface area contributed by atoms with E-state index in [0.717, 1.165) is 10.4 Å². The SMILES string of the molecule is CCn1c(SCC(=O)Nc2sc(C)c(C)c2C#N)nnc1-c1ccco1. The van der Waals surface area contributed by atoms with Gasteiger partial charge in [0.1, 0.15) is 11.1 Å². The number of hydrogen-bond acceptors (Lipinski definition) is 7. The number of hydrogen-bond donors (Lipinski definition) is 1. The molecule has 0 radical (unpaired) electrons. The van der Waals surface area contributed by atoms with Crippen molar-refractivity contribution < 1.29 is 9.21 Å². The second-order valence-electron chi connectivity index (χ2n) is 5.46. The largest absolute Gasteiger partial charge is 0.461 e. The first kappa shape index (κ1) is 18.2. The summed E-state index contributed by atoms with van der Waals surface area (Å²) in [5, 5.41) is 21.7. The highest BCUT2D eigenvalue weighted by atomic mass is 32.2. The molecule has 134 valence electrons. The number of thiophene rings is 1. The zero-order chi connectivity index (χ0) is 18.7. The third kappa shape index (κ3) is 3.52. The van der Waals surface area contributed by atoms with Gasteiger partial charge in [0, 0.05) is 11.4 Å². The molecule has 0 spiro atoms. The number of carbonyl (C=O) groups excluding carboxylic acids is 1. The molecule has 3 rings (SSSR count). The van der Waals surface area contributed by atoms with Crippen LogP contribution in [-0.4, -0.2) is 26.4 Å². The summed E-state index contributed by atoms with van der Waals surface area (Å²) < 4.78 is 7.28. The van der Waals surface area contributed by atoms with Gasteiger partial charge < -0.3 is 9.73 Å². The summed E-state index contributed by atoms with van der Waals surface area (Å²) in [6, 6.07) is 5.77. The van der Waals surface area contributed by atoms with Crippen molar-refractivity contribution in [3.05, 3.63) is 34.4 Å². The highest BCUT2D eigenvalue weighted by molar-refractivity contribution is 7.99. The Morgan fingerprint density at radius 2 is 2.27 bits per heavy atom. The van der Waals surface area contributed by atoms with Crippen LogP contribution in [-0.2, 0) is 11.3 Å². The van der Waals surface area contributed by atoms with Crippen LogP contribution in [0, 0.1) is 25.2 Å². The van der Waals surface area contributed by atoms with E-state index in [-0.39, 0.29) is 11.7 Å². The number of nitrogens with zero attached hydrogens (tertiary/aromatic N) is 4. The lowest BCUT2D eigenvalue weighted by Crippen LogP contribution is -2.14. The van der Waals surface area contributed by atoms with Gasteiger partial charge in [-0.3, -0.25) is 9.36 Å². The third-order valence-corrected chi connectivity index (χ3v) is 5.95. The summed E-state index contributed by atoms with van der Waals surface area (Å²) in [6.07, 6.45) is 1.59. The maximum absolute atomic E-state index is 12.3. The lowest BCUT2D eigenvalue weighted by molar-refractivity contribution is -0.113. The van der Waals surface area contributed by atoms with Crippen molar-refractivity contribution >= 4 is 34.0 Å². The van der Waals surface area contributed by atoms with E-state index in [1.807, 2.05) is 31.4 Å². The number of anilines is 1. The zero-order valence-corrected chi connectivity index (χ0v) is 16.2. The number of carbonyl (C=O) groups is 1. The van der Waals surface area contributed by atoms with Crippen molar-refractivity contribution in [2.24, 2.45) is 0 Å². The van der Waals surface area contributed by atoms with Gasteiger partial charge in [-0.1, -0.05) is 11.8 Å². The molecule has 0 aliphatic rings. The first-order valence-electron chi connectivity index (χ1n) is 7.95. The van der Waals surface area contributed by atoms with Gasteiger partial charge >= 0.3 is 0 Å². The standard InChI is InChI=1S/C17H17N5O2S2/c1-4-22-15(13-6-5-7-24-13)20-21-17(22)25-9-14(23)19-16-12(8-18)10(2)11(3)26-16/h5-7H,4,9H2,1-3H3,(H,19,23). The van der Waals surface area contributed by atoms with Gasteiger partial charge in [0.2, 0.25) is 5.91 Å². The van der Waals surface area contributed by atoms with Crippen LogP contribution < -0.4 is 5.32 Å². The van der Waals surface area contributed by atoms with Crippen molar-refractivity contribution in [1.29, 1.82) is 5.26 Å². The molecule has 0 bridgehead atoms. The number of aryl methyl sites for hydroxylation is 1. The molecule has 1 N–H and O–H groups in total. The normalized spacial score (nSPS) is 10.7. The summed E-state index contributed by atoms with van der Waals surface area (Å²) in [4.78, 5) is 13.3. The van der Waals surface area contributed by atoms with Crippen LogP contribution in [0.25, 0.3) is 11.6 Å². The van der Waals surface area contributed by atoms with Crippen molar-refractivity contribution in [1.82, 2.24) is 14.8 Å². The lowest BCUT2D eigenvalue weighted by Gasteiger charge is -2.06. The molecule has 3 aromatic heterocycles. The van der Waals surface area contributed by atoms with Crippen LogP contribution in [0.15, 0.2) is 28.0 Å². The highest BCUT2D eigenvalue weighted by Crippen LogP contribution is 2.32. The predicted molar refractivity (Wildman–Crippen MR) is 101 cm³/mol.